The molecule has 1 fully saturated rings. The van der Waals surface area contributed by atoms with Crippen LogP contribution in [0.4, 0.5) is 4.79 Å². The molecule has 0 radical (unpaired) electrons. The zero-order valence-electron chi connectivity index (χ0n) is 18.9. The van der Waals surface area contributed by atoms with E-state index in [2.05, 4.69) is 30.3 Å². The average Bonchev–Trinajstić information content (AvgIpc) is 3.11. The normalized spacial score (nSPS) is 18.8. The van der Waals surface area contributed by atoms with Crippen molar-refractivity contribution >= 4 is 6.09 Å². The summed E-state index contributed by atoms with van der Waals surface area (Å²) in [7, 11) is 0. The fourth-order valence-corrected chi connectivity index (χ4v) is 3.92. The van der Waals surface area contributed by atoms with Crippen LogP contribution in [0.1, 0.15) is 51.2 Å². The van der Waals surface area contributed by atoms with E-state index in [-0.39, 0.29) is 12.6 Å². The molecule has 0 saturated carbocycles. The van der Waals surface area contributed by atoms with Gasteiger partial charge >= 0.3 is 6.09 Å². The van der Waals surface area contributed by atoms with Crippen LogP contribution in [0.15, 0.2) is 54.6 Å². The van der Waals surface area contributed by atoms with E-state index in [0.29, 0.717) is 13.0 Å². The Bertz CT molecular complexity index is 831. The maximum absolute atomic E-state index is 12.5. The van der Waals surface area contributed by atoms with Gasteiger partial charge < -0.3 is 14.6 Å². The monoisotopic (exact) mass is 425 g/mol. The molecule has 31 heavy (non-hydrogen) atoms. The van der Waals surface area contributed by atoms with Gasteiger partial charge in [-0.05, 0) is 70.1 Å². The molecule has 0 bridgehead atoms. The zero-order chi connectivity index (χ0) is 22.3. The number of carbonyl (C=O) groups excluding carboxylic acids is 1. The average molecular weight is 426 g/mol. The van der Waals surface area contributed by atoms with E-state index in [1.807, 2.05) is 45.0 Å². The van der Waals surface area contributed by atoms with E-state index in [1.54, 1.807) is 4.90 Å². The molecule has 1 unspecified atom stereocenters. The van der Waals surface area contributed by atoms with Crippen LogP contribution in [0.5, 0.6) is 5.75 Å². The van der Waals surface area contributed by atoms with Crippen molar-refractivity contribution in [3.8, 4) is 5.75 Å². The van der Waals surface area contributed by atoms with Crippen LogP contribution in [-0.4, -0.2) is 47.0 Å². The quantitative estimate of drug-likeness (QED) is 0.605. The van der Waals surface area contributed by atoms with Crippen molar-refractivity contribution in [3.05, 3.63) is 65.7 Å². The van der Waals surface area contributed by atoms with Gasteiger partial charge in [0.1, 0.15) is 18.0 Å². The first-order chi connectivity index (χ1) is 14.8. The second-order valence-electron chi connectivity index (χ2n) is 9.29. The Kier molecular flexibility index (Phi) is 7.97. The van der Waals surface area contributed by atoms with Gasteiger partial charge in [0, 0.05) is 0 Å². The molecule has 2 aromatic rings. The van der Waals surface area contributed by atoms with Crippen LogP contribution < -0.4 is 4.74 Å². The number of nitrogens with zero attached hydrogens (tertiary/aromatic N) is 1. The Morgan fingerprint density at radius 2 is 1.71 bits per heavy atom. The number of ether oxygens (including phenoxy) is 2. The number of carbonyl (C=O) groups is 1. The second-order valence-corrected chi connectivity index (χ2v) is 9.29. The Morgan fingerprint density at radius 1 is 1.03 bits per heavy atom. The van der Waals surface area contributed by atoms with Gasteiger partial charge in [0.2, 0.25) is 0 Å². The highest BCUT2D eigenvalue weighted by Crippen LogP contribution is 2.25. The molecule has 0 spiro atoms. The fourth-order valence-electron chi connectivity index (χ4n) is 3.92. The third kappa shape index (κ3) is 7.28. The first kappa shape index (κ1) is 23.1. The fraction of sp³-hybridized carbons (Fsp3) is 0.500. The molecule has 0 aromatic heterocycles. The number of rotatable bonds is 8. The number of hydrogen-bond acceptors (Lipinski definition) is 4. The first-order valence-electron chi connectivity index (χ1n) is 11.2. The predicted octanol–water partition coefficient (Wildman–Crippen LogP) is 5.00. The molecule has 1 aliphatic rings. The minimum Gasteiger partial charge on any atom is -0.491 e. The summed E-state index contributed by atoms with van der Waals surface area (Å²) in [5.74, 6) is 0.854. The molecule has 168 valence electrons. The molecule has 2 atom stereocenters. The van der Waals surface area contributed by atoms with Crippen molar-refractivity contribution in [3.63, 3.8) is 0 Å². The lowest BCUT2D eigenvalue weighted by atomic mass is 10.0. The number of aryl methyl sites for hydroxylation is 2. The number of β-amino-alcohol motifs (C(OH)–C–C–N with tert-alkyl or cyclic N) is 1. The number of aliphatic hydroxyl groups is 1. The number of likely N-dealkylation sites (tertiary alicyclic amines) is 1. The van der Waals surface area contributed by atoms with Crippen LogP contribution in [0.3, 0.4) is 0 Å². The Hall–Kier alpha value is -2.53. The lowest BCUT2D eigenvalue weighted by Crippen LogP contribution is -2.42. The number of aliphatic hydroxyl groups excluding tert-OH is 1. The second kappa shape index (κ2) is 10.7. The van der Waals surface area contributed by atoms with Gasteiger partial charge in [-0.3, -0.25) is 4.90 Å². The van der Waals surface area contributed by atoms with Gasteiger partial charge in [-0.1, -0.05) is 48.5 Å². The molecule has 1 saturated heterocycles. The molecule has 2 aromatic carbocycles. The minimum atomic E-state index is -0.567. The lowest BCUT2D eigenvalue weighted by Gasteiger charge is -2.28. The van der Waals surface area contributed by atoms with E-state index in [0.717, 1.165) is 31.4 Å². The Morgan fingerprint density at radius 3 is 2.45 bits per heavy atom. The summed E-state index contributed by atoms with van der Waals surface area (Å²) in [5.41, 5.74) is 1.98. The maximum atomic E-state index is 12.5. The van der Waals surface area contributed by atoms with Crippen LogP contribution >= 0.6 is 0 Å². The Balaban J connectivity index is 1.53. The molecule has 1 N–H and O–H groups in total. The van der Waals surface area contributed by atoms with Gasteiger partial charge in [0.15, 0.2) is 0 Å². The van der Waals surface area contributed by atoms with Gasteiger partial charge in [-0.2, -0.15) is 0 Å². The SMILES string of the molecule is CC(C)(C)OC(=O)N1C[C@H](O)CC1COc1ccccc1CCCCc1ccccc1. The number of hydrogen-bond donors (Lipinski definition) is 1. The smallest absolute Gasteiger partial charge is 0.410 e. The lowest BCUT2D eigenvalue weighted by molar-refractivity contribution is 0.0173. The topological polar surface area (TPSA) is 59.0 Å². The summed E-state index contributed by atoms with van der Waals surface area (Å²) in [5, 5.41) is 10.1. The summed E-state index contributed by atoms with van der Waals surface area (Å²) in [6, 6.07) is 18.4. The van der Waals surface area contributed by atoms with Gasteiger partial charge in [-0.15, -0.1) is 0 Å². The van der Waals surface area contributed by atoms with Crippen molar-refractivity contribution < 1.29 is 19.4 Å². The third-order valence-corrected chi connectivity index (χ3v) is 5.43. The summed E-state index contributed by atoms with van der Waals surface area (Å²) in [6.45, 7) is 6.16. The highest BCUT2D eigenvalue weighted by molar-refractivity contribution is 5.69. The Labute approximate surface area is 186 Å². The van der Waals surface area contributed by atoms with Crippen molar-refractivity contribution in [1.82, 2.24) is 4.90 Å². The number of para-hydroxylation sites is 1. The summed E-state index contributed by atoms with van der Waals surface area (Å²) in [4.78, 5) is 14.1. The molecule has 3 rings (SSSR count). The van der Waals surface area contributed by atoms with E-state index >= 15 is 0 Å². The standard InChI is InChI=1S/C26H35NO4/c1-26(2,3)31-25(29)27-18-23(28)17-22(27)19-30-24-16-10-9-15-21(24)14-8-7-13-20-11-5-4-6-12-20/h4-6,9-12,15-16,22-23,28H,7-8,13-14,17-19H2,1-3H3/t22?,23-/m1/s1. The minimum absolute atomic E-state index is 0.198. The summed E-state index contributed by atoms with van der Waals surface area (Å²) >= 11 is 0. The molecule has 1 heterocycles. The highest BCUT2D eigenvalue weighted by atomic mass is 16.6. The summed E-state index contributed by atoms with van der Waals surface area (Å²) in [6.07, 6.45) is 3.79. The van der Waals surface area contributed by atoms with Crippen LogP contribution in [0.2, 0.25) is 0 Å². The van der Waals surface area contributed by atoms with Crippen LogP contribution in [0.25, 0.3) is 0 Å². The molecule has 1 aliphatic heterocycles. The molecule has 5 heteroatoms. The largest absolute Gasteiger partial charge is 0.491 e. The van der Waals surface area contributed by atoms with Crippen LogP contribution in [0, 0.1) is 0 Å². The maximum Gasteiger partial charge on any atom is 0.410 e. The van der Waals surface area contributed by atoms with Gasteiger partial charge in [0.05, 0.1) is 18.7 Å². The molecule has 5 nitrogen and oxygen atoms in total. The first-order valence-corrected chi connectivity index (χ1v) is 11.2. The number of amides is 1. The van der Waals surface area contributed by atoms with E-state index in [1.165, 1.54) is 11.1 Å². The summed E-state index contributed by atoms with van der Waals surface area (Å²) < 4.78 is 11.6. The van der Waals surface area contributed by atoms with Crippen molar-refractivity contribution in [2.45, 2.75) is 70.6 Å². The van der Waals surface area contributed by atoms with Crippen molar-refractivity contribution in [2.24, 2.45) is 0 Å². The zero-order valence-corrected chi connectivity index (χ0v) is 18.9. The third-order valence-electron chi connectivity index (χ3n) is 5.43. The number of benzene rings is 2. The molecule has 1 amide bonds. The van der Waals surface area contributed by atoms with E-state index in [4.69, 9.17) is 9.47 Å². The highest BCUT2D eigenvalue weighted by Gasteiger charge is 2.37. The van der Waals surface area contributed by atoms with Crippen molar-refractivity contribution in [1.29, 1.82) is 0 Å². The van der Waals surface area contributed by atoms with Crippen molar-refractivity contribution in [2.75, 3.05) is 13.2 Å². The molecular formula is C26H35NO4. The van der Waals surface area contributed by atoms with Crippen LogP contribution in [-0.2, 0) is 17.6 Å². The predicted molar refractivity (Wildman–Crippen MR) is 122 cm³/mol. The van der Waals surface area contributed by atoms with Gasteiger partial charge in [0.25, 0.3) is 0 Å². The van der Waals surface area contributed by atoms with E-state index < -0.39 is 17.8 Å². The number of unbranched alkanes of at least 4 members (excludes halogenated alkanes) is 1. The molecule has 0 aliphatic carbocycles. The van der Waals surface area contributed by atoms with Gasteiger partial charge in [-0.25, -0.2) is 4.79 Å². The molecular weight excluding hydrogens is 390 g/mol. The van der Waals surface area contributed by atoms with E-state index in [9.17, 15) is 9.90 Å².